The lowest BCUT2D eigenvalue weighted by Gasteiger charge is -2.19. The van der Waals surface area contributed by atoms with Crippen LogP contribution in [0.2, 0.25) is 0 Å². The van der Waals surface area contributed by atoms with Crippen molar-refractivity contribution in [3.63, 3.8) is 0 Å². The number of nitrogens with zero attached hydrogens (tertiary/aromatic N) is 4. The van der Waals surface area contributed by atoms with E-state index in [0.717, 1.165) is 17.7 Å². The zero-order valence-electron chi connectivity index (χ0n) is 13.4. The number of halogens is 2. The van der Waals surface area contributed by atoms with Crippen LogP contribution in [0.5, 0.6) is 0 Å². The SMILES string of the molecule is CN(Cc1nc(-c2cccnc2)no1)CC(O)c1ccc(F)cc1F. The lowest BCUT2D eigenvalue weighted by Crippen LogP contribution is -2.25. The van der Waals surface area contributed by atoms with Gasteiger partial charge >= 0.3 is 0 Å². The number of pyridine rings is 1. The van der Waals surface area contributed by atoms with E-state index in [1.807, 2.05) is 6.07 Å². The second kappa shape index (κ2) is 7.45. The van der Waals surface area contributed by atoms with E-state index < -0.39 is 17.7 Å². The molecule has 130 valence electrons. The molecule has 6 nitrogen and oxygen atoms in total. The molecule has 0 saturated heterocycles. The van der Waals surface area contributed by atoms with Gasteiger partial charge in [0.15, 0.2) is 0 Å². The highest BCUT2D eigenvalue weighted by Crippen LogP contribution is 2.20. The van der Waals surface area contributed by atoms with Crippen LogP contribution in [0.15, 0.2) is 47.2 Å². The van der Waals surface area contributed by atoms with Crippen molar-refractivity contribution in [1.82, 2.24) is 20.0 Å². The molecule has 0 bridgehead atoms. The zero-order valence-corrected chi connectivity index (χ0v) is 13.4. The first-order valence-electron chi connectivity index (χ1n) is 7.57. The van der Waals surface area contributed by atoms with Crippen LogP contribution >= 0.6 is 0 Å². The lowest BCUT2D eigenvalue weighted by molar-refractivity contribution is 0.114. The van der Waals surface area contributed by atoms with Crippen molar-refractivity contribution < 1.29 is 18.4 Å². The Kier molecular flexibility index (Phi) is 5.11. The van der Waals surface area contributed by atoms with Gasteiger partial charge in [0.2, 0.25) is 11.7 Å². The summed E-state index contributed by atoms with van der Waals surface area (Å²) < 4.78 is 31.8. The van der Waals surface area contributed by atoms with Gasteiger partial charge in [-0.3, -0.25) is 9.88 Å². The fraction of sp³-hybridized carbons (Fsp3) is 0.235. The summed E-state index contributed by atoms with van der Waals surface area (Å²) >= 11 is 0. The van der Waals surface area contributed by atoms with Crippen molar-refractivity contribution >= 4 is 0 Å². The monoisotopic (exact) mass is 346 g/mol. The fourth-order valence-corrected chi connectivity index (χ4v) is 2.39. The quantitative estimate of drug-likeness (QED) is 0.739. The minimum absolute atomic E-state index is 0.0369. The van der Waals surface area contributed by atoms with Crippen LogP contribution in [0.25, 0.3) is 11.4 Å². The van der Waals surface area contributed by atoms with Gasteiger partial charge in [0.25, 0.3) is 0 Å². The van der Waals surface area contributed by atoms with Crippen LogP contribution in [0.4, 0.5) is 8.78 Å². The number of hydrogen-bond acceptors (Lipinski definition) is 6. The molecule has 0 aliphatic carbocycles. The van der Waals surface area contributed by atoms with Crippen molar-refractivity contribution in [2.75, 3.05) is 13.6 Å². The molecule has 3 aromatic rings. The van der Waals surface area contributed by atoms with E-state index in [2.05, 4.69) is 15.1 Å². The summed E-state index contributed by atoms with van der Waals surface area (Å²) in [5.74, 6) is -0.692. The Morgan fingerprint density at radius 2 is 2.12 bits per heavy atom. The number of aromatic nitrogens is 3. The summed E-state index contributed by atoms with van der Waals surface area (Å²) in [6.45, 7) is 0.389. The zero-order chi connectivity index (χ0) is 17.8. The number of aliphatic hydroxyl groups excluding tert-OH is 1. The number of rotatable bonds is 6. The average molecular weight is 346 g/mol. The summed E-state index contributed by atoms with van der Waals surface area (Å²) in [4.78, 5) is 9.96. The Morgan fingerprint density at radius 3 is 2.84 bits per heavy atom. The minimum Gasteiger partial charge on any atom is -0.387 e. The summed E-state index contributed by atoms with van der Waals surface area (Å²) in [6.07, 6.45) is 2.17. The standard InChI is InChI=1S/C17H16F2N4O2/c1-23(9-15(24)13-5-4-12(18)7-14(13)19)10-16-21-17(22-25-16)11-3-2-6-20-8-11/h2-8,15,24H,9-10H2,1H3. The van der Waals surface area contributed by atoms with E-state index in [1.165, 1.54) is 6.07 Å². The van der Waals surface area contributed by atoms with E-state index in [1.54, 1.807) is 30.4 Å². The second-order valence-corrected chi connectivity index (χ2v) is 5.63. The van der Waals surface area contributed by atoms with Crippen molar-refractivity contribution in [3.8, 4) is 11.4 Å². The van der Waals surface area contributed by atoms with E-state index >= 15 is 0 Å². The maximum absolute atomic E-state index is 13.7. The summed E-state index contributed by atoms with van der Waals surface area (Å²) in [7, 11) is 1.72. The third kappa shape index (κ3) is 4.23. The maximum atomic E-state index is 13.7. The molecule has 1 atom stereocenters. The van der Waals surface area contributed by atoms with Gasteiger partial charge in [-0.25, -0.2) is 8.78 Å². The van der Waals surface area contributed by atoms with Gasteiger partial charge in [-0.1, -0.05) is 11.2 Å². The molecule has 0 radical (unpaired) electrons. The minimum atomic E-state index is -1.11. The van der Waals surface area contributed by atoms with Crippen LogP contribution in [0.3, 0.4) is 0 Å². The van der Waals surface area contributed by atoms with E-state index in [4.69, 9.17) is 4.52 Å². The number of benzene rings is 1. The van der Waals surface area contributed by atoms with Crippen LogP contribution in [-0.4, -0.2) is 38.7 Å². The first kappa shape index (κ1) is 17.1. The van der Waals surface area contributed by atoms with Gasteiger partial charge in [0, 0.05) is 36.1 Å². The predicted molar refractivity (Wildman–Crippen MR) is 85.2 cm³/mol. The van der Waals surface area contributed by atoms with Crippen LogP contribution in [0, 0.1) is 11.6 Å². The van der Waals surface area contributed by atoms with Crippen LogP contribution in [0.1, 0.15) is 17.6 Å². The largest absolute Gasteiger partial charge is 0.387 e. The van der Waals surface area contributed by atoms with Gasteiger partial charge in [0.1, 0.15) is 11.6 Å². The Morgan fingerprint density at radius 1 is 1.28 bits per heavy atom. The molecule has 0 amide bonds. The molecule has 0 fully saturated rings. The average Bonchev–Trinajstić information content (AvgIpc) is 3.03. The smallest absolute Gasteiger partial charge is 0.241 e. The Balaban J connectivity index is 1.63. The van der Waals surface area contributed by atoms with Crippen molar-refractivity contribution in [2.45, 2.75) is 12.6 Å². The normalized spacial score (nSPS) is 12.5. The molecule has 8 heteroatoms. The van der Waals surface area contributed by atoms with E-state index in [9.17, 15) is 13.9 Å². The lowest BCUT2D eigenvalue weighted by atomic mass is 10.1. The van der Waals surface area contributed by atoms with Crippen molar-refractivity contribution in [1.29, 1.82) is 0 Å². The predicted octanol–water partition coefficient (Wildman–Crippen LogP) is 2.58. The van der Waals surface area contributed by atoms with Gasteiger partial charge in [-0.2, -0.15) is 4.98 Å². The highest BCUT2D eigenvalue weighted by atomic mass is 19.1. The van der Waals surface area contributed by atoms with E-state index in [-0.39, 0.29) is 18.7 Å². The van der Waals surface area contributed by atoms with Crippen LogP contribution < -0.4 is 0 Å². The van der Waals surface area contributed by atoms with Crippen LogP contribution in [-0.2, 0) is 6.54 Å². The molecule has 0 aliphatic heterocycles. The third-order valence-electron chi connectivity index (χ3n) is 3.60. The second-order valence-electron chi connectivity index (χ2n) is 5.63. The fourth-order valence-electron chi connectivity index (χ4n) is 2.39. The van der Waals surface area contributed by atoms with Gasteiger partial charge in [-0.15, -0.1) is 0 Å². The van der Waals surface area contributed by atoms with Gasteiger partial charge in [0.05, 0.1) is 12.6 Å². The molecule has 0 spiro atoms. The molecular formula is C17H16F2N4O2. The Hall–Kier alpha value is -2.71. The summed E-state index contributed by atoms with van der Waals surface area (Å²) in [5.41, 5.74) is 0.767. The molecule has 2 aromatic heterocycles. The first-order chi connectivity index (χ1) is 12.0. The molecular weight excluding hydrogens is 330 g/mol. The molecule has 0 saturated carbocycles. The molecule has 1 aromatic carbocycles. The third-order valence-corrected chi connectivity index (χ3v) is 3.60. The molecule has 1 unspecified atom stereocenters. The molecule has 1 N–H and O–H groups in total. The van der Waals surface area contributed by atoms with Crippen molar-refractivity contribution in [3.05, 3.63) is 65.8 Å². The molecule has 0 aliphatic rings. The Labute approximate surface area is 142 Å². The summed E-state index contributed by atoms with van der Waals surface area (Å²) in [6, 6.07) is 6.67. The topological polar surface area (TPSA) is 75.3 Å². The molecule has 3 rings (SSSR count). The Bertz CT molecular complexity index is 842. The number of likely N-dealkylation sites (N-methyl/N-ethyl adjacent to an activating group) is 1. The molecule has 25 heavy (non-hydrogen) atoms. The van der Waals surface area contributed by atoms with Gasteiger partial charge < -0.3 is 9.63 Å². The highest BCUT2D eigenvalue weighted by molar-refractivity contribution is 5.51. The maximum Gasteiger partial charge on any atom is 0.241 e. The van der Waals surface area contributed by atoms with E-state index in [0.29, 0.717) is 11.7 Å². The van der Waals surface area contributed by atoms with Crippen molar-refractivity contribution in [2.24, 2.45) is 0 Å². The molecule has 2 heterocycles. The number of hydrogen-bond donors (Lipinski definition) is 1. The highest BCUT2D eigenvalue weighted by Gasteiger charge is 2.17. The van der Waals surface area contributed by atoms with Gasteiger partial charge in [-0.05, 0) is 25.2 Å². The first-order valence-corrected chi connectivity index (χ1v) is 7.57. The number of aliphatic hydroxyl groups is 1. The summed E-state index contributed by atoms with van der Waals surface area (Å²) in [5, 5.41) is 14.0.